The smallest absolute Gasteiger partial charge is 0.281 e. The van der Waals surface area contributed by atoms with Crippen LogP contribution in [0.15, 0.2) is 104 Å². The van der Waals surface area contributed by atoms with Crippen LogP contribution >= 0.6 is 17.0 Å². The quantitative estimate of drug-likeness (QED) is 0.0378. The molecule has 0 radical (unpaired) electrons. The Balaban J connectivity index is 0.000000287. The van der Waals surface area contributed by atoms with Gasteiger partial charge in [-0.15, -0.1) is 17.0 Å². The summed E-state index contributed by atoms with van der Waals surface area (Å²) in [5.74, 6) is -2.34. The van der Waals surface area contributed by atoms with E-state index in [2.05, 4.69) is 15.0 Å². The number of nitrogens with zero attached hydrogens (tertiary/aromatic N) is 6. The summed E-state index contributed by atoms with van der Waals surface area (Å²) in [7, 11) is 1.00. The number of aromatic nitrogens is 3. The number of nitro benzene ring substituents is 3. The molecule has 0 amide bonds. The van der Waals surface area contributed by atoms with Gasteiger partial charge in [0.1, 0.15) is 34.1 Å². The van der Waals surface area contributed by atoms with E-state index in [1.807, 2.05) is 55.4 Å². The zero-order valence-corrected chi connectivity index (χ0v) is 47.9. The summed E-state index contributed by atoms with van der Waals surface area (Å²) in [6.07, 6.45) is 1.90. The number of hydrogen-bond donors (Lipinski definition) is 4. The topological polar surface area (TPSA) is 419 Å². The zero-order valence-electron chi connectivity index (χ0n) is 46.1. The Hall–Kier alpha value is -10.3. The van der Waals surface area contributed by atoms with E-state index >= 15 is 0 Å². The summed E-state index contributed by atoms with van der Waals surface area (Å²) in [5.41, 5.74) is 11.8. The molecule has 0 unspecified atom stereocenters. The Bertz CT molecular complexity index is 4040. The fourth-order valence-electron chi connectivity index (χ4n) is 8.20. The zero-order chi connectivity index (χ0) is 61.6. The van der Waals surface area contributed by atoms with Crippen molar-refractivity contribution < 1.29 is 71.8 Å². The largest absolute Gasteiger partial charge is 0.507 e. The number of oxazole rings is 3. The number of benzene rings is 5. The predicted molar refractivity (Wildman–Crippen MR) is 321 cm³/mol. The molecule has 11 rings (SSSR count). The monoisotopic (exact) mass is 1250 g/mol. The summed E-state index contributed by atoms with van der Waals surface area (Å²) < 4.78 is 16.8. The molecule has 0 saturated carbocycles. The Morgan fingerprint density at radius 3 is 1.42 bits per heavy atom. The van der Waals surface area contributed by atoms with Gasteiger partial charge in [0, 0.05) is 88.9 Å². The Labute approximate surface area is 500 Å². The minimum absolute atomic E-state index is 0. The van der Waals surface area contributed by atoms with Gasteiger partial charge in [-0.25, -0.2) is 15.0 Å². The summed E-state index contributed by atoms with van der Waals surface area (Å²) in [5, 5.41) is 50.7. The lowest BCUT2D eigenvalue weighted by Crippen LogP contribution is -2.22. The van der Waals surface area contributed by atoms with Crippen molar-refractivity contribution in [3.05, 3.63) is 172 Å². The molecule has 26 nitrogen and oxygen atoms in total. The molecule has 3 aliphatic rings. The fraction of sp³-hybridized carbons (Fsp3) is 0.254. The molecule has 3 aromatic heterocycles. The highest BCUT2D eigenvalue weighted by molar-refractivity contribution is 8.93. The minimum Gasteiger partial charge on any atom is -0.507 e. The molecule has 0 spiro atoms. The van der Waals surface area contributed by atoms with E-state index in [-0.39, 0.29) is 135 Å². The molecule has 3 heterocycles. The van der Waals surface area contributed by atoms with Crippen LogP contribution in [0.5, 0.6) is 5.75 Å². The summed E-state index contributed by atoms with van der Waals surface area (Å²) in [6.45, 7) is 15.0. The molecule has 86 heavy (non-hydrogen) atoms. The van der Waals surface area contributed by atoms with Crippen LogP contribution in [0.4, 0.5) is 22.7 Å². The molecule has 0 fully saturated rings. The molecule has 0 saturated heterocycles. The van der Waals surface area contributed by atoms with Crippen LogP contribution in [0.2, 0.25) is 0 Å². The molecule has 6 N–H and O–H groups in total. The first-order chi connectivity index (χ1) is 39.2. The van der Waals surface area contributed by atoms with E-state index in [0.717, 1.165) is 19.5 Å². The highest BCUT2D eigenvalue weighted by Gasteiger charge is 2.41. The SMILES string of the molecule is Br.C.C.CC(C)C=O.CC(C)c1nc2c(o1)-c1c(N)cccc1C(=O)C2=O.CC(C)c1nc2c(o1)-c1c(cccc1[N+](=O)[O-])C(=O)C2=O.CC(C)c1nc2cc(O)c3cccc([N+](=O)[O-])c3c2o1.CO.NC1=CC(=O)c2cccc([N+](=O)[O-])c2C1=O. The number of phenolic OH excluding ortho intramolecular Hbond substituents is 1. The third-order valence-corrected chi connectivity index (χ3v) is 12.1. The van der Waals surface area contributed by atoms with Crippen molar-refractivity contribution in [2.24, 2.45) is 11.7 Å². The van der Waals surface area contributed by atoms with E-state index in [1.165, 1.54) is 54.6 Å². The van der Waals surface area contributed by atoms with Crippen LogP contribution in [0.25, 0.3) is 44.5 Å². The highest BCUT2D eigenvalue weighted by atomic mass is 79.9. The molecular weight excluding hydrogens is 1190 g/mol. The van der Waals surface area contributed by atoms with Crippen molar-refractivity contribution in [1.29, 1.82) is 0 Å². The first-order valence-corrected chi connectivity index (χ1v) is 25.0. The number of allylic oxidation sites excluding steroid dienone is 2. The number of aliphatic hydroxyl groups is 1. The van der Waals surface area contributed by atoms with Crippen molar-refractivity contribution in [3.8, 4) is 28.4 Å². The van der Waals surface area contributed by atoms with Gasteiger partial charge in [0.2, 0.25) is 17.3 Å². The number of phenols is 1. The number of nitrogen functional groups attached to an aromatic ring is 1. The molecule has 0 bridgehead atoms. The van der Waals surface area contributed by atoms with Gasteiger partial charge < -0.3 is 39.7 Å². The molecule has 452 valence electrons. The van der Waals surface area contributed by atoms with Gasteiger partial charge in [0.25, 0.3) is 28.6 Å². The number of ketones is 6. The van der Waals surface area contributed by atoms with Gasteiger partial charge >= 0.3 is 0 Å². The fourth-order valence-corrected chi connectivity index (χ4v) is 8.20. The molecule has 5 aromatic carbocycles. The predicted octanol–water partition coefficient (Wildman–Crippen LogP) is 12.0. The summed E-state index contributed by atoms with van der Waals surface area (Å²) in [4.78, 5) is 124. The van der Waals surface area contributed by atoms with Gasteiger partial charge in [-0.3, -0.25) is 59.1 Å². The van der Waals surface area contributed by atoms with Crippen molar-refractivity contribution in [2.45, 2.75) is 88.0 Å². The maximum atomic E-state index is 12.1. The lowest BCUT2D eigenvalue weighted by atomic mass is 9.90. The van der Waals surface area contributed by atoms with Crippen molar-refractivity contribution in [1.82, 2.24) is 15.0 Å². The number of carbonyl (C=O) groups is 7. The maximum absolute atomic E-state index is 12.1. The molecule has 8 aromatic rings. The molecule has 27 heteroatoms. The highest BCUT2D eigenvalue weighted by Crippen LogP contribution is 2.43. The second-order valence-electron chi connectivity index (χ2n) is 19.3. The van der Waals surface area contributed by atoms with Gasteiger partial charge in [-0.05, 0) is 18.2 Å². The Kier molecular flexibility index (Phi) is 23.4. The number of non-ortho nitro benzene ring substituents is 1. The average Bonchev–Trinajstić information content (AvgIpc) is 1.55. The van der Waals surface area contributed by atoms with Crippen LogP contribution in [0.1, 0.15) is 168 Å². The number of carbonyl (C=O) groups excluding carboxylic acids is 7. The Morgan fingerprint density at radius 2 is 0.953 bits per heavy atom. The Morgan fingerprint density at radius 1 is 0.547 bits per heavy atom. The summed E-state index contributed by atoms with van der Waals surface area (Å²) in [6, 6.07) is 18.8. The second-order valence-corrected chi connectivity index (χ2v) is 19.3. The van der Waals surface area contributed by atoms with Gasteiger partial charge in [-0.1, -0.05) is 107 Å². The number of Topliss-reactive ketones (excluding diaryl/α,β-unsaturated/α-hetero) is 5. The van der Waals surface area contributed by atoms with Crippen LogP contribution in [-0.2, 0) is 4.79 Å². The number of halogens is 1. The number of rotatable bonds is 7. The van der Waals surface area contributed by atoms with Crippen LogP contribution in [0, 0.1) is 36.3 Å². The number of aldehydes is 1. The van der Waals surface area contributed by atoms with E-state index in [4.69, 9.17) is 29.8 Å². The first-order valence-electron chi connectivity index (χ1n) is 25.0. The van der Waals surface area contributed by atoms with Gasteiger partial charge in [0.05, 0.1) is 26.0 Å². The van der Waals surface area contributed by atoms with E-state index in [1.54, 1.807) is 24.3 Å². The second kappa shape index (κ2) is 28.8. The number of aromatic hydroxyl groups is 1. The number of nitro groups is 3. The third-order valence-electron chi connectivity index (χ3n) is 12.1. The van der Waals surface area contributed by atoms with E-state index in [9.17, 15) is 69.0 Å². The molecule has 0 aliphatic heterocycles. The molecule has 0 atom stereocenters. The first kappa shape index (κ1) is 70.0. The number of anilines is 1. The summed E-state index contributed by atoms with van der Waals surface area (Å²) >= 11 is 0. The van der Waals surface area contributed by atoms with Crippen molar-refractivity contribution in [2.75, 3.05) is 12.8 Å². The van der Waals surface area contributed by atoms with Gasteiger partial charge in [-0.2, -0.15) is 0 Å². The number of aliphatic hydroxyl groups excluding tert-OH is 1. The van der Waals surface area contributed by atoms with Crippen LogP contribution < -0.4 is 11.5 Å². The third kappa shape index (κ3) is 13.9. The van der Waals surface area contributed by atoms with E-state index < -0.39 is 55.2 Å². The number of nitrogens with two attached hydrogens (primary N) is 2. The maximum Gasteiger partial charge on any atom is 0.281 e. The van der Waals surface area contributed by atoms with Crippen LogP contribution in [-0.4, -0.2) is 88.0 Å². The lowest BCUT2D eigenvalue weighted by Gasteiger charge is -2.13. The number of hydrogen-bond acceptors (Lipinski definition) is 23. The standard InChI is InChI=1S/C14H10N2O5.C14H12N2O4.C14H12N2O3.C10H6N2O4.C4H8O.CH4O.2CH4.BrH/c1-6(2)14-15-10-12(18)11(17)7-4-3-5-8(16(19)20)9(7)13(10)21-14;1-7(2)14-15-9-6-11(17)8-4-3-5-10(16(18)19)12(8)13(9)20-14;1-6(2)14-16-10-12(18)11(17)7-4-3-5-8(15)9(7)13(10)19-14;11-6-4-8(13)5-2-1-3-7(12(15)16)9(5)10(6)14;1-4(2)3-5;1-2;;;/h3-6H,1-2H3;3-7,17H,1-2H3;3-6H,15H2,1-2H3;1-4H,11H2;3-4H,1-2H3;2H,1H3;2*1H4;1H. The minimum atomic E-state index is -0.801. The normalized spacial score (nSPS) is 12.2. The molecule has 3 aliphatic carbocycles. The van der Waals surface area contributed by atoms with Crippen molar-refractivity contribution in [3.63, 3.8) is 0 Å². The number of fused-ring (bicyclic) bond motifs is 10. The van der Waals surface area contributed by atoms with E-state index in [0.29, 0.717) is 45.3 Å². The van der Waals surface area contributed by atoms with Crippen molar-refractivity contribution >= 4 is 103 Å². The molecular formula is C59H61BrN8O18. The van der Waals surface area contributed by atoms with Crippen LogP contribution in [0.3, 0.4) is 0 Å². The lowest BCUT2D eigenvalue weighted by molar-refractivity contribution is -0.385. The van der Waals surface area contributed by atoms with Gasteiger partial charge in [0.15, 0.2) is 51.9 Å². The average molecular weight is 1250 g/mol.